The lowest BCUT2D eigenvalue weighted by Crippen LogP contribution is -2.33. The lowest BCUT2D eigenvalue weighted by Gasteiger charge is -2.27. The Balaban J connectivity index is 2.11. The van der Waals surface area contributed by atoms with Crippen LogP contribution in [0.25, 0.3) is 0 Å². The topological polar surface area (TPSA) is 3.24 Å². The molecule has 1 aromatic carbocycles. The maximum Gasteiger partial charge on any atom is 0.391 e. The summed E-state index contributed by atoms with van der Waals surface area (Å²) in [4.78, 5) is 1.88. The first-order valence-corrected chi connectivity index (χ1v) is 6.62. The molecule has 0 saturated carbocycles. The fourth-order valence-corrected chi connectivity index (χ4v) is 2.65. The molecule has 0 spiro atoms. The Morgan fingerprint density at radius 2 is 1.88 bits per heavy atom. The third kappa shape index (κ3) is 3.50. The summed E-state index contributed by atoms with van der Waals surface area (Å²) in [6, 6.07) is 7.26. The van der Waals surface area contributed by atoms with Crippen molar-refractivity contribution >= 4 is 28.3 Å². The fraction of sp³-hybridized carbons (Fsp3) is 0.500. The van der Waals surface area contributed by atoms with Crippen molar-refractivity contribution in [3.8, 4) is 0 Å². The normalized spacial score (nSPS) is 20.9. The molecule has 2 rings (SSSR count). The van der Waals surface area contributed by atoms with Crippen LogP contribution in [-0.4, -0.2) is 18.8 Å². The minimum Gasteiger partial charge on any atom is -0.368 e. The average Bonchev–Trinajstić information content (AvgIpc) is 2.64. The van der Waals surface area contributed by atoms with Crippen molar-refractivity contribution in [2.45, 2.75) is 31.5 Å². The summed E-state index contributed by atoms with van der Waals surface area (Å²) in [6.45, 7) is 0.724. The minimum absolute atomic E-state index is 0.393. The molecule has 0 amide bonds. The van der Waals surface area contributed by atoms with Crippen LogP contribution in [-0.2, 0) is 0 Å². The number of halogens is 4. The summed E-state index contributed by atoms with van der Waals surface area (Å²) in [5, 5.41) is 0. The summed E-state index contributed by atoms with van der Waals surface area (Å²) < 4.78 is 38.4. The smallest absolute Gasteiger partial charge is 0.368 e. The quantitative estimate of drug-likeness (QED) is 0.719. The van der Waals surface area contributed by atoms with Crippen LogP contribution in [0, 0.1) is 3.57 Å². The summed E-state index contributed by atoms with van der Waals surface area (Å²) in [7, 11) is 0. The molecule has 0 aliphatic carbocycles. The van der Waals surface area contributed by atoms with E-state index in [1.807, 2.05) is 29.2 Å². The zero-order valence-electron chi connectivity index (χ0n) is 9.17. The molecular weight excluding hydrogens is 342 g/mol. The molecule has 1 heterocycles. The van der Waals surface area contributed by atoms with Crippen molar-refractivity contribution in [3.05, 3.63) is 27.8 Å². The second-order valence-corrected chi connectivity index (χ2v) is 5.53. The average molecular weight is 355 g/mol. The van der Waals surface area contributed by atoms with E-state index >= 15 is 0 Å². The molecule has 0 aromatic heterocycles. The third-order valence-electron chi connectivity index (χ3n) is 3.00. The van der Waals surface area contributed by atoms with Crippen molar-refractivity contribution in [1.29, 1.82) is 0 Å². The zero-order valence-corrected chi connectivity index (χ0v) is 11.3. The highest BCUT2D eigenvalue weighted by Crippen LogP contribution is 2.33. The summed E-state index contributed by atoms with van der Waals surface area (Å²) in [5.41, 5.74) is 0.900. The van der Waals surface area contributed by atoms with Gasteiger partial charge in [0.15, 0.2) is 0 Å². The van der Waals surface area contributed by atoms with Gasteiger partial charge in [0, 0.05) is 21.8 Å². The van der Waals surface area contributed by atoms with Crippen LogP contribution in [0.1, 0.15) is 19.3 Å². The number of benzene rings is 1. The van der Waals surface area contributed by atoms with Gasteiger partial charge >= 0.3 is 6.18 Å². The predicted octanol–water partition coefficient (Wildman–Crippen LogP) is 4.21. The van der Waals surface area contributed by atoms with Gasteiger partial charge in [-0.2, -0.15) is 13.2 Å². The van der Waals surface area contributed by atoms with Crippen molar-refractivity contribution in [2.75, 3.05) is 11.4 Å². The van der Waals surface area contributed by atoms with Crippen LogP contribution < -0.4 is 4.90 Å². The second-order valence-electron chi connectivity index (χ2n) is 4.29. The Morgan fingerprint density at radius 3 is 2.47 bits per heavy atom. The predicted molar refractivity (Wildman–Crippen MR) is 70.2 cm³/mol. The molecule has 0 N–H and O–H groups in total. The first-order chi connectivity index (χ1) is 7.96. The monoisotopic (exact) mass is 355 g/mol. The van der Waals surface area contributed by atoms with Crippen molar-refractivity contribution in [3.63, 3.8) is 0 Å². The van der Waals surface area contributed by atoms with Gasteiger partial charge in [-0.3, -0.25) is 0 Å². The molecule has 1 nitrogen and oxygen atoms in total. The first kappa shape index (κ1) is 13.0. The fourth-order valence-electron chi connectivity index (χ4n) is 2.29. The third-order valence-corrected chi connectivity index (χ3v) is 3.72. The van der Waals surface area contributed by atoms with Gasteiger partial charge in [0.1, 0.15) is 0 Å². The first-order valence-electron chi connectivity index (χ1n) is 5.55. The van der Waals surface area contributed by atoms with E-state index in [1.54, 1.807) is 0 Å². The summed E-state index contributed by atoms with van der Waals surface area (Å²) >= 11 is 2.19. The van der Waals surface area contributed by atoms with Crippen LogP contribution in [0.3, 0.4) is 0 Å². The lowest BCUT2D eigenvalue weighted by atomic mass is 10.1. The standard InChI is InChI=1S/C12H13F3IN/c13-12(14,15)8-11-2-1-7-17(11)10-5-3-9(16)4-6-10/h3-6,11H,1-2,7-8H2. The highest BCUT2D eigenvalue weighted by molar-refractivity contribution is 14.1. The van der Waals surface area contributed by atoms with E-state index in [0.717, 1.165) is 22.2 Å². The Bertz CT molecular complexity index is 374. The number of alkyl halides is 3. The van der Waals surface area contributed by atoms with Crippen LogP contribution in [0.15, 0.2) is 24.3 Å². The number of hydrogen-bond donors (Lipinski definition) is 0. The maximum absolute atomic E-state index is 12.4. The molecule has 94 valence electrons. The molecule has 1 aliphatic heterocycles. The van der Waals surface area contributed by atoms with E-state index in [0.29, 0.717) is 6.42 Å². The van der Waals surface area contributed by atoms with Crippen LogP contribution in [0.5, 0.6) is 0 Å². The molecule has 1 fully saturated rings. The van der Waals surface area contributed by atoms with Gasteiger partial charge in [-0.15, -0.1) is 0 Å². The highest BCUT2D eigenvalue weighted by Gasteiger charge is 2.36. The van der Waals surface area contributed by atoms with Crippen molar-refractivity contribution in [1.82, 2.24) is 0 Å². The van der Waals surface area contributed by atoms with Gasteiger partial charge in [0.25, 0.3) is 0 Å². The molecule has 1 aromatic rings. The maximum atomic E-state index is 12.4. The van der Waals surface area contributed by atoms with Crippen molar-refractivity contribution in [2.24, 2.45) is 0 Å². The van der Waals surface area contributed by atoms with Crippen LogP contribution >= 0.6 is 22.6 Å². The highest BCUT2D eigenvalue weighted by atomic mass is 127. The van der Waals surface area contributed by atoms with Gasteiger partial charge in [0.05, 0.1) is 6.42 Å². The van der Waals surface area contributed by atoms with E-state index in [2.05, 4.69) is 22.6 Å². The number of anilines is 1. The molecule has 1 saturated heterocycles. The van der Waals surface area contributed by atoms with Crippen molar-refractivity contribution < 1.29 is 13.2 Å². The van der Waals surface area contributed by atoms with E-state index in [-0.39, 0.29) is 0 Å². The van der Waals surface area contributed by atoms with Gasteiger partial charge in [-0.25, -0.2) is 0 Å². The molecule has 5 heteroatoms. The molecule has 1 atom stereocenters. The van der Waals surface area contributed by atoms with E-state index < -0.39 is 18.6 Å². The summed E-state index contributed by atoms with van der Waals surface area (Å²) in [6.07, 6.45) is -3.31. The molecule has 17 heavy (non-hydrogen) atoms. The summed E-state index contributed by atoms with van der Waals surface area (Å²) in [5.74, 6) is 0. The molecule has 0 radical (unpaired) electrons. The van der Waals surface area contributed by atoms with E-state index in [9.17, 15) is 13.2 Å². The Hall–Kier alpha value is -0.460. The van der Waals surface area contributed by atoms with Crippen LogP contribution in [0.2, 0.25) is 0 Å². The van der Waals surface area contributed by atoms with Gasteiger partial charge in [-0.05, 0) is 59.7 Å². The number of nitrogens with zero attached hydrogens (tertiary/aromatic N) is 1. The molecule has 1 aliphatic rings. The van der Waals surface area contributed by atoms with Crippen LogP contribution in [0.4, 0.5) is 18.9 Å². The minimum atomic E-state index is -4.07. The number of rotatable bonds is 2. The Morgan fingerprint density at radius 1 is 1.24 bits per heavy atom. The largest absolute Gasteiger partial charge is 0.391 e. The SMILES string of the molecule is FC(F)(F)CC1CCCN1c1ccc(I)cc1. The Kier molecular flexibility index (Phi) is 3.85. The zero-order chi connectivity index (χ0) is 12.5. The van der Waals surface area contributed by atoms with E-state index in [1.165, 1.54) is 0 Å². The lowest BCUT2D eigenvalue weighted by molar-refractivity contribution is -0.137. The van der Waals surface area contributed by atoms with Gasteiger partial charge in [-0.1, -0.05) is 0 Å². The van der Waals surface area contributed by atoms with E-state index in [4.69, 9.17) is 0 Å². The molecule has 0 bridgehead atoms. The second kappa shape index (κ2) is 5.04. The molecular formula is C12H13F3IN. The van der Waals surface area contributed by atoms with Gasteiger partial charge < -0.3 is 4.90 Å². The Labute approximate surface area is 112 Å². The number of hydrogen-bond acceptors (Lipinski definition) is 1. The molecule has 1 unspecified atom stereocenters. The van der Waals surface area contributed by atoms with Gasteiger partial charge in [0.2, 0.25) is 0 Å².